The second-order valence-electron chi connectivity index (χ2n) is 7.77. The molecule has 0 heterocycles. The molecule has 0 bridgehead atoms. The molecule has 0 saturated carbocycles. The fourth-order valence-electron chi connectivity index (χ4n) is 3.25. The molecule has 0 radical (unpaired) electrons. The van der Waals surface area contributed by atoms with Gasteiger partial charge in [-0.3, -0.25) is 4.39 Å². The number of nitrogen functional groups attached to an aromatic ring is 1. The van der Waals surface area contributed by atoms with Crippen LogP contribution in [0.25, 0.3) is 0 Å². The van der Waals surface area contributed by atoms with E-state index in [1.165, 1.54) is 30.4 Å². The normalized spacial score (nSPS) is 10.9. The van der Waals surface area contributed by atoms with Crippen molar-refractivity contribution in [3.8, 4) is 11.8 Å². The number of allylic oxidation sites excluding steroid dienone is 2. The molecule has 1 rings (SSSR count). The zero-order valence-corrected chi connectivity index (χ0v) is 20.2. The highest BCUT2D eigenvalue weighted by molar-refractivity contribution is 5.49. The van der Waals surface area contributed by atoms with E-state index in [2.05, 4.69) is 70.9 Å². The Labute approximate surface area is 180 Å². The van der Waals surface area contributed by atoms with E-state index >= 15 is 0 Å². The number of nitrogens with two attached hydrogens (primary N) is 1. The molecule has 0 saturated heterocycles. The minimum Gasteiger partial charge on any atom is -0.399 e. The molecule has 0 amide bonds. The smallest absolute Gasteiger partial charge is 0.0785 e. The summed E-state index contributed by atoms with van der Waals surface area (Å²) in [5, 5.41) is 0. The van der Waals surface area contributed by atoms with E-state index in [1.807, 2.05) is 20.8 Å². The Bertz CT molecular complexity index is 660. The lowest BCUT2D eigenvalue weighted by Crippen LogP contribution is -2.24. The molecular formula is C27H44FN. The molecule has 0 aliphatic carbocycles. The lowest BCUT2D eigenvalue weighted by molar-refractivity contribution is 0.225. The predicted octanol–water partition coefficient (Wildman–Crippen LogP) is 8.27. The van der Waals surface area contributed by atoms with Crippen LogP contribution in [0.1, 0.15) is 91.2 Å². The molecule has 1 nitrogen and oxygen atoms in total. The van der Waals surface area contributed by atoms with Crippen molar-refractivity contribution in [2.45, 2.75) is 86.5 Å². The first kappa shape index (κ1) is 29.2. The largest absolute Gasteiger partial charge is 0.399 e. The van der Waals surface area contributed by atoms with Crippen LogP contribution >= 0.6 is 0 Å². The van der Waals surface area contributed by atoms with Gasteiger partial charge < -0.3 is 5.73 Å². The van der Waals surface area contributed by atoms with Crippen molar-refractivity contribution in [1.29, 1.82) is 0 Å². The number of aryl methyl sites for hydroxylation is 1. The van der Waals surface area contributed by atoms with Gasteiger partial charge in [-0.1, -0.05) is 77.0 Å². The average Bonchev–Trinajstić information content (AvgIpc) is 2.72. The quantitative estimate of drug-likeness (QED) is 0.265. The summed E-state index contributed by atoms with van der Waals surface area (Å²) in [5.41, 5.74) is 12.2. The molecular weight excluding hydrogens is 357 g/mol. The van der Waals surface area contributed by atoms with Crippen LogP contribution in [0.4, 0.5) is 10.1 Å². The highest BCUT2D eigenvalue weighted by Gasteiger charge is 2.30. The van der Waals surface area contributed by atoms with Gasteiger partial charge in [0.1, 0.15) is 0 Å². The Hall–Kier alpha value is -2.01. The van der Waals surface area contributed by atoms with Crippen molar-refractivity contribution < 1.29 is 4.39 Å². The third-order valence-electron chi connectivity index (χ3n) is 5.86. The van der Waals surface area contributed by atoms with E-state index in [9.17, 15) is 4.39 Å². The minimum atomic E-state index is 0.366. The second kappa shape index (κ2) is 15.9. The van der Waals surface area contributed by atoms with Gasteiger partial charge in [-0.15, -0.1) is 11.8 Å². The monoisotopic (exact) mass is 401 g/mol. The summed E-state index contributed by atoms with van der Waals surface area (Å²) in [6.07, 6.45) is 5.44. The highest BCUT2D eigenvalue weighted by Crippen LogP contribution is 2.44. The van der Waals surface area contributed by atoms with Crippen LogP contribution in [0.5, 0.6) is 0 Å². The van der Waals surface area contributed by atoms with Gasteiger partial charge in [0.15, 0.2) is 0 Å². The zero-order valence-electron chi connectivity index (χ0n) is 20.2. The van der Waals surface area contributed by atoms with Crippen molar-refractivity contribution >= 4 is 5.69 Å². The van der Waals surface area contributed by atoms with Crippen molar-refractivity contribution in [2.24, 2.45) is 5.41 Å². The number of benzene rings is 1. The number of hydrogen-bond acceptors (Lipinski definition) is 1. The summed E-state index contributed by atoms with van der Waals surface area (Å²) in [7, 11) is 0.500. The topological polar surface area (TPSA) is 26.0 Å². The third kappa shape index (κ3) is 10.4. The fourth-order valence-corrected chi connectivity index (χ4v) is 3.25. The molecule has 1 atom stereocenters. The van der Waals surface area contributed by atoms with Gasteiger partial charge in [0, 0.05) is 12.1 Å². The number of rotatable bonds is 8. The van der Waals surface area contributed by atoms with Gasteiger partial charge in [-0.05, 0) is 62.1 Å². The van der Waals surface area contributed by atoms with Crippen molar-refractivity contribution in [3.05, 3.63) is 53.6 Å². The predicted molar refractivity (Wildman–Crippen MR) is 131 cm³/mol. The molecule has 164 valence electrons. The summed E-state index contributed by atoms with van der Waals surface area (Å²) in [6, 6.07) is 6.63. The standard InChI is InChI=1S/C20H31N.C6H10.CH3F/c1-6-10-11-12-17-15-16(13-14-19(17)21)18(7-2)20(5,8-3)9-4;1-5(2)6(3)4;1-2/h13-15,18H,7-9,11-12,21H2,1-5H3;1,3H2,2,4H3;1H3. The van der Waals surface area contributed by atoms with E-state index in [0.717, 1.165) is 29.7 Å². The molecule has 2 heteroatoms. The van der Waals surface area contributed by atoms with Gasteiger partial charge in [0.2, 0.25) is 0 Å². The van der Waals surface area contributed by atoms with E-state index in [0.29, 0.717) is 18.5 Å². The maximum atomic E-state index is 9.50. The molecule has 1 aromatic rings. The third-order valence-corrected chi connectivity index (χ3v) is 5.86. The van der Waals surface area contributed by atoms with Gasteiger partial charge >= 0.3 is 0 Å². The maximum Gasteiger partial charge on any atom is 0.0785 e. The Morgan fingerprint density at radius 2 is 1.62 bits per heavy atom. The van der Waals surface area contributed by atoms with Crippen LogP contribution < -0.4 is 5.73 Å². The summed E-state index contributed by atoms with van der Waals surface area (Å²) < 4.78 is 9.50. The molecule has 0 fully saturated rings. The average molecular weight is 402 g/mol. The van der Waals surface area contributed by atoms with Crippen molar-refractivity contribution in [2.75, 3.05) is 12.9 Å². The van der Waals surface area contributed by atoms with Crippen LogP contribution in [0.2, 0.25) is 0 Å². The summed E-state index contributed by atoms with van der Waals surface area (Å²) >= 11 is 0. The van der Waals surface area contributed by atoms with Crippen molar-refractivity contribution in [3.63, 3.8) is 0 Å². The Balaban J connectivity index is 0. The molecule has 0 aromatic heterocycles. The molecule has 1 unspecified atom stereocenters. The van der Waals surface area contributed by atoms with Gasteiger partial charge in [-0.2, -0.15) is 0 Å². The first-order valence-electron chi connectivity index (χ1n) is 10.6. The molecule has 0 spiro atoms. The molecule has 0 aliphatic rings. The van der Waals surface area contributed by atoms with Crippen LogP contribution in [-0.4, -0.2) is 7.18 Å². The van der Waals surface area contributed by atoms with E-state index in [4.69, 9.17) is 5.73 Å². The zero-order chi connectivity index (χ0) is 23.0. The van der Waals surface area contributed by atoms with E-state index < -0.39 is 0 Å². The molecule has 2 N–H and O–H groups in total. The summed E-state index contributed by atoms with van der Waals surface area (Å²) in [5.74, 6) is 6.69. The number of alkyl halides is 1. The Kier molecular flexibility index (Phi) is 16.0. The molecule has 29 heavy (non-hydrogen) atoms. The van der Waals surface area contributed by atoms with Crippen LogP contribution in [0.3, 0.4) is 0 Å². The van der Waals surface area contributed by atoms with Crippen LogP contribution in [0, 0.1) is 17.3 Å². The van der Waals surface area contributed by atoms with Gasteiger partial charge in [0.05, 0.1) is 7.18 Å². The molecule has 1 aromatic carbocycles. The van der Waals surface area contributed by atoms with E-state index in [1.54, 1.807) is 0 Å². The summed E-state index contributed by atoms with van der Waals surface area (Å²) in [6.45, 7) is 22.4. The molecule has 0 aliphatic heterocycles. The number of halogens is 1. The highest BCUT2D eigenvalue weighted by atomic mass is 19.1. The lowest BCUT2D eigenvalue weighted by Gasteiger charge is -2.36. The summed E-state index contributed by atoms with van der Waals surface area (Å²) in [4.78, 5) is 0. The maximum absolute atomic E-state index is 9.50. The number of anilines is 1. The van der Waals surface area contributed by atoms with E-state index in [-0.39, 0.29) is 0 Å². The number of hydrogen-bond donors (Lipinski definition) is 1. The SMILES string of the molecule is C=C(C)C(=C)C.CC#CCCc1cc(C(CC)C(C)(CC)CC)ccc1N.CF. The fraction of sp³-hybridized carbons (Fsp3) is 0.556. The van der Waals surface area contributed by atoms with Crippen LogP contribution in [0.15, 0.2) is 42.5 Å². The van der Waals surface area contributed by atoms with Crippen molar-refractivity contribution in [1.82, 2.24) is 0 Å². The first-order chi connectivity index (χ1) is 13.7. The first-order valence-corrected chi connectivity index (χ1v) is 10.6. The lowest BCUT2D eigenvalue weighted by atomic mass is 9.68. The Morgan fingerprint density at radius 3 is 2.00 bits per heavy atom. The van der Waals surface area contributed by atoms with Gasteiger partial charge in [0.25, 0.3) is 0 Å². The van der Waals surface area contributed by atoms with Crippen LogP contribution in [-0.2, 0) is 6.42 Å². The van der Waals surface area contributed by atoms with Gasteiger partial charge in [-0.25, -0.2) is 0 Å². The Morgan fingerprint density at radius 1 is 1.10 bits per heavy atom. The minimum absolute atomic E-state index is 0.366. The second-order valence-corrected chi connectivity index (χ2v) is 7.77.